The zero-order chi connectivity index (χ0) is 13.2. The number of thioether (sulfide) groups is 1. The Hall–Kier alpha value is 0.310. The Morgan fingerprint density at radius 1 is 1.00 bits per heavy atom. The largest absolute Gasteiger partial charge is 0.311 e. The molecule has 2 heteroatoms. The minimum absolute atomic E-state index is 0.468. The van der Waals surface area contributed by atoms with E-state index in [9.17, 15) is 0 Å². The summed E-state index contributed by atoms with van der Waals surface area (Å²) in [6.07, 6.45) is 12.2. The van der Waals surface area contributed by atoms with Crippen molar-refractivity contribution < 1.29 is 0 Å². The quantitative estimate of drug-likeness (QED) is 0.811. The first-order valence-electron chi connectivity index (χ1n) is 7.79. The summed E-state index contributed by atoms with van der Waals surface area (Å²) in [5.74, 6) is 0.875. The van der Waals surface area contributed by atoms with Crippen molar-refractivity contribution in [2.45, 2.75) is 83.1 Å². The summed E-state index contributed by atoms with van der Waals surface area (Å²) in [7, 11) is 0. The van der Waals surface area contributed by atoms with Gasteiger partial charge in [0, 0.05) is 17.3 Å². The van der Waals surface area contributed by atoms with Gasteiger partial charge in [-0.2, -0.15) is 11.8 Å². The van der Waals surface area contributed by atoms with Gasteiger partial charge in [-0.25, -0.2) is 0 Å². The van der Waals surface area contributed by atoms with E-state index in [1.807, 2.05) is 0 Å². The third-order valence-corrected chi connectivity index (χ3v) is 6.14. The van der Waals surface area contributed by atoms with Gasteiger partial charge in [-0.1, -0.05) is 33.6 Å². The van der Waals surface area contributed by atoms with Gasteiger partial charge in [0.1, 0.15) is 0 Å². The molecule has 0 amide bonds. The second-order valence-corrected chi connectivity index (χ2v) is 8.54. The molecule has 2 aliphatic rings. The maximum absolute atomic E-state index is 4.03. The number of nitrogens with one attached hydrogen (secondary N) is 1. The van der Waals surface area contributed by atoms with Crippen LogP contribution in [0.5, 0.6) is 0 Å². The molecule has 18 heavy (non-hydrogen) atoms. The van der Waals surface area contributed by atoms with E-state index in [4.69, 9.17) is 0 Å². The highest BCUT2D eigenvalue weighted by atomic mass is 32.2. The van der Waals surface area contributed by atoms with Crippen LogP contribution < -0.4 is 5.32 Å². The maximum atomic E-state index is 4.03. The molecule has 2 saturated carbocycles. The Morgan fingerprint density at radius 2 is 1.72 bits per heavy atom. The molecule has 4 unspecified atom stereocenters. The molecule has 4 atom stereocenters. The molecule has 2 rings (SSSR count). The highest BCUT2D eigenvalue weighted by molar-refractivity contribution is 7.99. The molecule has 1 N–H and O–H groups in total. The summed E-state index contributed by atoms with van der Waals surface area (Å²) in [5, 5.41) is 4.94. The van der Waals surface area contributed by atoms with E-state index >= 15 is 0 Å². The minimum atomic E-state index is 0.468. The third kappa shape index (κ3) is 3.66. The van der Waals surface area contributed by atoms with Gasteiger partial charge in [0.25, 0.3) is 0 Å². The fourth-order valence-corrected chi connectivity index (χ4v) is 4.77. The topological polar surface area (TPSA) is 12.0 Å². The molecular formula is C16H31NS. The number of rotatable bonds is 3. The molecule has 0 aromatic carbocycles. The summed E-state index contributed by atoms with van der Waals surface area (Å²) < 4.78 is 0. The SMILES string of the molecule is CSC1CCC(NC2CCCCC2C(C)(C)C)C1. The first-order valence-corrected chi connectivity index (χ1v) is 9.08. The molecule has 0 spiro atoms. The molecule has 2 aliphatic carbocycles. The average molecular weight is 269 g/mol. The lowest BCUT2D eigenvalue weighted by Crippen LogP contribution is -2.47. The van der Waals surface area contributed by atoms with E-state index < -0.39 is 0 Å². The monoisotopic (exact) mass is 269 g/mol. The molecule has 106 valence electrons. The Labute approximate surface area is 118 Å². The molecule has 1 nitrogen and oxygen atoms in total. The normalized spacial score (nSPS) is 38.0. The molecule has 0 heterocycles. The summed E-state index contributed by atoms with van der Waals surface area (Å²) in [6.45, 7) is 7.28. The predicted molar refractivity (Wildman–Crippen MR) is 83.3 cm³/mol. The van der Waals surface area contributed by atoms with Crippen LogP contribution in [0.3, 0.4) is 0 Å². The van der Waals surface area contributed by atoms with Crippen molar-refractivity contribution in [2.24, 2.45) is 11.3 Å². The summed E-state index contributed by atoms with van der Waals surface area (Å²) in [6, 6.07) is 1.58. The van der Waals surface area contributed by atoms with Crippen molar-refractivity contribution in [3.63, 3.8) is 0 Å². The van der Waals surface area contributed by atoms with Crippen molar-refractivity contribution in [1.29, 1.82) is 0 Å². The van der Waals surface area contributed by atoms with Crippen LogP contribution in [0.2, 0.25) is 0 Å². The fraction of sp³-hybridized carbons (Fsp3) is 1.00. The predicted octanol–water partition coefficient (Wildman–Crippen LogP) is 4.47. The average Bonchev–Trinajstić information content (AvgIpc) is 2.76. The molecule has 2 fully saturated rings. The van der Waals surface area contributed by atoms with Gasteiger partial charge < -0.3 is 5.32 Å². The second-order valence-electron chi connectivity index (χ2n) is 7.40. The van der Waals surface area contributed by atoms with Gasteiger partial charge in [0.05, 0.1) is 0 Å². The zero-order valence-corrected chi connectivity index (χ0v) is 13.5. The lowest BCUT2D eigenvalue weighted by molar-refractivity contribution is 0.123. The Kier molecular flexibility index (Phi) is 5.05. The van der Waals surface area contributed by atoms with Crippen molar-refractivity contribution in [1.82, 2.24) is 5.32 Å². The molecule has 0 aromatic rings. The first-order chi connectivity index (χ1) is 8.50. The fourth-order valence-electron chi connectivity index (χ4n) is 3.98. The van der Waals surface area contributed by atoms with Crippen LogP contribution in [0.4, 0.5) is 0 Å². The first kappa shape index (κ1) is 14.7. The van der Waals surface area contributed by atoms with Crippen LogP contribution in [-0.2, 0) is 0 Å². The molecule has 0 bridgehead atoms. The van der Waals surface area contributed by atoms with Crippen LogP contribution in [0, 0.1) is 11.3 Å². The molecule has 0 radical (unpaired) electrons. The third-order valence-electron chi connectivity index (χ3n) is 5.05. The van der Waals surface area contributed by atoms with Crippen molar-refractivity contribution >= 4 is 11.8 Å². The van der Waals surface area contributed by atoms with Crippen molar-refractivity contribution in [2.75, 3.05) is 6.26 Å². The van der Waals surface area contributed by atoms with Crippen LogP contribution >= 0.6 is 11.8 Å². The van der Waals surface area contributed by atoms with Gasteiger partial charge >= 0.3 is 0 Å². The second kappa shape index (κ2) is 6.17. The zero-order valence-electron chi connectivity index (χ0n) is 12.7. The summed E-state index contributed by atoms with van der Waals surface area (Å²) in [5.41, 5.74) is 0.468. The van der Waals surface area contributed by atoms with Gasteiger partial charge in [0.2, 0.25) is 0 Å². The summed E-state index contributed by atoms with van der Waals surface area (Å²) in [4.78, 5) is 0. The van der Waals surface area contributed by atoms with Gasteiger partial charge in [0.15, 0.2) is 0 Å². The standard InChI is InChI=1S/C16H31NS/c1-16(2,3)14-7-5-6-8-15(14)17-12-9-10-13(11-12)18-4/h12-15,17H,5-11H2,1-4H3. The Balaban J connectivity index is 1.90. The Morgan fingerprint density at radius 3 is 2.33 bits per heavy atom. The maximum Gasteiger partial charge on any atom is 0.0103 e. The van der Waals surface area contributed by atoms with E-state index in [1.54, 1.807) is 0 Å². The van der Waals surface area contributed by atoms with Crippen LogP contribution in [0.15, 0.2) is 0 Å². The van der Waals surface area contributed by atoms with Crippen molar-refractivity contribution in [3.05, 3.63) is 0 Å². The highest BCUT2D eigenvalue weighted by Gasteiger charge is 2.36. The van der Waals surface area contributed by atoms with Gasteiger partial charge in [-0.15, -0.1) is 0 Å². The smallest absolute Gasteiger partial charge is 0.0103 e. The number of hydrogen-bond acceptors (Lipinski definition) is 2. The lowest BCUT2D eigenvalue weighted by atomic mass is 9.69. The Bertz CT molecular complexity index is 258. The molecular weight excluding hydrogens is 238 g/mol. The van der Waals surface area contributed by atoms with Crippen LogP contribution in [0.25, 0.3) is 0 Å². The van der Waals surface area contributed by atoms with Gasteiger partial charge in [-0.05, 0) is 49.7 Å². The molecule has 0 saturated heterocycles. The number of hydrogen-bond donors (Lipinski definition) is 1. The van der Waals surface area contributed by atoms with E-state index in [1.165, 1.54) is 44.9 Å². The summed E-state index contributed by atoms with van der Waals surface area (Å²) >= 11 is 2.06. The minimum Gasteiger partial charge on any atom is -0.311 e. The molecule has 0 aliphatic heterocycles. The van der Waals surface area contributed by atoms with Crippen LogP contribution in [-0.4, -0.2) is 23.6 Å². The van der Waals surface area contributed by atoms with Crippen molar-refractivity contribution in [3.8, 4) is 0 Å². The van der Waals surface area contributed by atoms with Gasteiger partial charge in [-0.3, -0.25) is 0 Å². The highest BCUT2D eigenvalue weighted by Crippen LogP contribution is 2.39. The van der Waals surface area contributed by atoms with E-state index in [0.29, 0.717) is 5.41 Å². The molecule has 0 aromatic heterocycles. The van der Waals surface area contributed by atoms with E-state index in [-0.39, 0.29) is 0 Å². The lowest BCUT2D eigenvalue weighted by Gasteiger charge is -2.42. The van der Waals surface area contributed by atoms with Crippen LogP contribution in [0.1, 0.15) is 65.7 Å². The van der Waals surface area contributed by atoms with E-state index in [0.717, 1.165) is 23.3 Å². The van der Waals surface area contributed by atoms with E-state index in [2.05, 4.69) is 44.1 Å².